The molecule has 0 saturated heterocycles. The maximum absolute atomic E-state index is 13.1. The second-order valence-electron chi connectivity index (χ2n) is 8.16. The third-order valence-electron chi connectivity index (χ3n) is 5.47. The van der Waals surface area contributed by atoms with Crippen LogP contribution in [0.15, 0.2) is 65.0 Å². The van der Waals surface area contributed by atoms with E-state index in [0.29, 0.717) is 46.4 Å². The molecule has 0 bridgehead atoms. The predicted molar refractivity (Wildman–Crippen MR) is 139 cm³/mol. The lowest BCUT2D eigenvalue weighted by atomic mass is 9.96. The van der Waals surface area contributed by atoms with Crippen LogP contribution >= 0.6 is 23.4 Å². The molecule has 1 unspecified atom stereocenters. The first-order chi connectivity index (χ1) is 17.0. The van der Waals surface area contributed by atoms with Gasteiger partial charge in [-0.1, -0.05) is 67.5 Å². The van der Waals surface area contributed by atoms with Crippen LogP contribution in [0.1, 0.15) is 50.8 Å². The maximum atomic E-state index is 13.1. The van der Waals surface area contributed by atoms with Crippen LogP contribution in [0.4, 0.5) is 5.95 Å². The summed E-state index contributed by atoms with van der Waals surface area (Å²) in [6.07, 6.45) is 1.68. The van der Waals surface area contributed by atoms with Gasteiger partial charge in [0.15, 0.2) is 0 Å². The number of thioether (sulfide) groups is 1. The zero-order valence-corrected chi connectivity index (χ0v) is 21.7. The summed E-state index contributed by atoms with van der Waals surface area (Å²) in [5.74, 6) is 1.64. The van der Waals surface area contributed by atoms with Crippen LogP contribution in [-0.4, -0.2) is 33.9 Å². The zero-order valence-electron chi connectivity index (χ0n) is 20.1. The minimum absolute atomic E-state index is 0.356. The predicted octanol–water partition coefficient (Wildman–Crippen LogP) is 6.25. The number of anilines is 1. The molecule has 0 saturated carbocycles. The largest absolute Gasteiger partial charge is 0.494 e. The Kier molecular flexibility index (Phi) is 8.36. The van der Waals surface area contributed by atoms with Crippen molar-refractivity contribution >= 4 is 35.3 Å². The average Bonchev–Trinajstić information content (AvgIpc) is 3.27. The van der Waals surface area contributed by atoms with Crippen LogP contribution in [0.3, 0.4) is 0 Å². The second-order valence-corrected chi connectivity index (χ2v) is 9.51. The van der Waals surface area contributed by atoms with Gasteiger partial charge < -0.3 is 14.8 Å². The summed E-state index contributed by atoms with van der Waals surface area (Å²) in [5, 5.41) is 9.31. The molecule has 1 atom stereocenters. The highest BCUT2D eigenvalue weighted by molar-refractivity contribution is 7.98. The van der Waals surface area contributed by atoms with E-state index < -0.39 is 6.04 Å². The Labute approximate surface area is 214 Å². The number of nitrogens with one attached hydrogen (secondary N) is 1. The lowest BCUT2D eigenvalue weighted by Crippen LogP contribution is -2.29. The molecule has 0 amide bonds. The number of fused-ring (bicyclic) bond motifs is 1. The molecule has 3 aromatic rings. The van der Waals surface area contributed by atoms with Crippen molar-refractivity contribution in [1.82, 2.24) is 14.8 Å². The first kappa shape index (κ1) is 25.1. The molecule has 7 nitrogen and oxygen atoms in total. The number of benzene rings is 2. The van der Waals surface area contributed by atoms with Crippen LogP contribution in [0.2, 0.25) is 5.02 Å². The third kappa shape index (κ3) is 5.82. The van der Waals surface area contributed by atoms with Gasteiger partial charge in [-0.25, -0.2) is 9.48 Å². The molecule has 35 heavy (non-hydrogen) atoms. The SMILES string of the molecule is CCCOC(=O)C1=C(C)Nc2nc(SCc3ccccc3Cl)nn2C1c1ccc(OCCC)cc1. The highest BCUT2D eigenvalue weighted by Gasteiger charge is 2.35. The maximum Gasteiger partial charge on any atom is 0.338 e. The Hall–Kier alpha value is -2.97. The summed E-state index contributed by atoms with van der Waals surface area (Å²) in [7, 11) is 0. The van der Waals surface area contributed by atoms with Gasteiger partial charge in [0.1, 0.15) is 11.8 Å². The summed E-state index contributed by atoms with van der Waals surface area (Å²) in [6.45, 7) is 6.91. The van der Waals surface area contributed by atoms with Gasteiger partial charge in [-0.05, 0) is 49.1 Å². The Morgan fingerprint density at radius 3 is 2.57 bits per heavy atom. The van der Waals surface area contributed by atoms with Gasteiger partial charge in [0.05, 0.1) is 18.8 Å². The van der Waals surface area contributed by atoms with Gasteiger partial charge in [0, 0.05) is 16.5 Å². The summed E-state index contributed by atoms with van der Waals surface area (Å²) in [4.78, 5) is 17.8. The van der Waals surface area contributed by atoms with E-state index in [1.54, 1.807) is 4.68 Å². The van der Waals surface area contributed by atoms with Gasteiger partial charge >= 0.3 is 5.97 Å². The van der Waals surface area contributed by atoms with Gasteiger partial charge in [-0.15, -0.1) is 5.10 Å². The zero-order chi connectivity index (χ0) is 24.8. The number of halogens is 1. The molecule has 2 aromatic carbocycles. The number of carbonyl (C=O) groups is 1. The Morgan fingerprint density at radius 2 is 1.86 bits per heavy atom. The van der Waals surface area contributed by atoms with E-state index in [4.69, 9.17) is 26.2 Å². The number of hydrogen-bond acceptors (Lipinski definition) is 7. The Morgan fingerprint density at radius 1 is 1.11 bits per heavy atom. The lowest BCUT2D eigenvalue weighted by Gasteiger charge is -2.28. The molecule has 184 valence electrons. The van der Waals surface area contributed by atoms with Crippen LogP contribution in [0.25, 0.3) is 0 Å². The third-order valence-corrected chi connectivity index (χ3v) is 6.73. The van der Waals surface area contributed by atoms with E-state index in [1.165, 1.54) is 11.8 Å². The molecular weight excluding hydrogens is 484 g/mol. The fourth-order valence-electron chi connectivity index (χ4n) is 3.76. The molecule has 0 radical (unpaired) electrons. The summed E-state index contributed by atoms with van der Waals surface area (Å²) < 4.78 is 13.0. The van der Waals surface area contributed by atoms with Crippen LogP contribution in [-0.2, 0) is 15.3 Å². The lowest BCUT2D eigenvalue weighted by molar-refractivity contribution is -0.139. The minimum atomic E-state index is -0.474. The normalized spacial score (nSPS) is 14.9. The molecule has 4 rings (SSSR count). The van der Waals surface area contributed by atoms with Crippen LogP contribution in [0, 0.1) is 0 Å². The number of hydrogen-bond donors (Lipinski definition) is 1. The van der Waals surface area contributed by atoms with Crippen molar-refractivity contribution in [3.8, 4) is 5.75 Å². The van der Waals surface area contributed by atoms with Crippen LogP contribution < -0.4 is 10.1 Å². The number of esters is 1. The minimum Gasteiger partial charge on any atom is -0.494 e. The van der Waals surface area contributed by atoms with E-state index in [0.717, 1.165) is 29.7 Å². The quantitative estimate of drug-likeness (QED) is 0.254. The van der Waals surface area contributed by atoms with Crippen molar-refractivity contribution < 1.29 is 14.3 Å². The molecule has 1 aliphatic rings. The highest BCUT2D eigenvalue weighted by Crippen LogP contribution is 2.37. The van der Waals surface area contributed by atoms with E-state index in [-0.39, 0.29) is 5.97 Å². The molecular formula is C26H29ClN4O3S. The second kappa shape index (κ2) is 11.6. The first-order valence-corrected chi connectivity index (χ1v) is 13.1. The van der Waals surface area contributed by atoms with Gasteiger partial charge in [-0.2, -0.15) is 4.98 Å². The topological polar surface area (TPSA) is 78.3 Å². The average molecular weight is 513 g/mol. The number of ether oxygens (including phenoxy) is 2. The molecule has 0 aliphatic carbocycles. The number of aromatic nitrogens is 3. The number of rotatable bonds is 10. The molecule has 9 heteroatoms. The summed E-state index contributed by atoms with van der Waals surface area (Å²) in [6, 6.07) is 15.0. The fourth-order valence-corrected chi connectivity index (χ4v) is 4.88. The fraction of sp³-hybridized carbons (Fsp3) is 0.346. The standard InChI is InChI=1S/C26H29ClN4O3S/c1-4-14-33-20-12-10-18(11-13-20)23-22(24(32)34-15-5-2)17(3)28-25-29-26(30-31(23)25)35-16-19-8-6-7-9-21(19)27/h6-13,23H,4-5,14-16H2,1-3H3,(H,28,29,30). The summed E-state index contributed by atoms with van der Waals surface area (Å²) >= 11 is 7.81. The van der Waals surface area contributed by atoms with Crippen molar-refractivity contribution in [2.24, 2.45) is 0 Å². The number of nitrogens with zero attached hydrogens (tertiary/aromatic N) is 3. The van der Waals surface area contributed by atoms with Gasteiger partial charge in [0.25, 0.3) is 0 Å². The first-order valence-electron chi connectivity index (χ1n) is 11.7. The van der Waals surface area contributed by atoms with E-state index in [2.05, 4.69) is 17.2 Å². The highest BCUT2D eigenvalue weighted by atomic mass is 35.5. The van der Waals surface area contributed by atoms with Crippen molar-refractivity contribution in [2.45, 2.75) is 50.6 Å². The monoisotopic (exact) mass is 512 g/mol. The smallest absolute Gasteiger partial charge is 0.338 e. The van der Waals surface area contributed by atoms with Crippen molar-refractivity contribution in [3.63, 3.8) is 0 Å². The number of carbonyl (C=O) groups excluding carboxylic acids is 1. The van der Waals surface area contributed by atoms with E-state index in [9.17, 15) is 4.79 Å². The van der Waals surface area contributed by atoms with E-state index in [1.807, 2.05) is 62.4 Å². The molecule has 2 heterocycles. The van der Waals surface area contributed by atoms with Gasteiger partial charge in [0.2, 0.25) is 11.1 Å². The van der Waals surface area contributed by atoms with Crippen molar-refractivity contribution in [1.29, 1.82) is 0 Å². The van der Waals surface area contributed by atoms with Crippen molar-refractivity contribution in [3.05, 3.63) is 76.0 Å². The molecule has 1 aromatic heterocycles. The molecule has 1 N–H and O–H groups in total. The molecule has 0 spiro atoms. The molecule has 1 aliphatic heterocycles. The Bertz CT molecular complexity index is 1210. The van der Waals surface area contributed by atoms with Crippen molar-refractivity contribution in [2.75, 3.05) is 18.5 Å². The number of allylic oxidation sites excluding steroid dienone is 1. The van der Waals surface area contributed by atoms with Crippen LogP contribution in [0.5, 0.6) is 5.75 Å². The molecule has 0 fully saturated rings. The Balaban J connectivity index is 1.66. The van der Waals surface area contributed by atoms with E-state index >= 15 is 0 Å². The van der Waals surface area contributed by atoms with Gasteiger partial charge in [-0.3, -0.25) is 0 Å². The summed E-state index contributed by atoms with van der Waals surface area (Å²) in [5.41, 5.74) is 3.12.